The van der Waals surface area contributed by atoms with Gasteiger partial charge in [-0.15, -0.1) is 11.3 Å². The minimum absolute atomic E-state index is 0.00608. The molecule has 5 nitrogen and oxygen atoms in total. The third kappa shape index (κ3) is 4.66. The topological polar surface area (TPSA) is 62.3 Å². The van der Waals surface area contributed by atoms with Crippen LogP contribution in [0.3, 0.4) is 0 Å². The normalized spacial score (nSPS) is 18.9. The average molecular weight is 508 g/mol. The van der Waals surface area contributed by atoms with Crippen molar-refractivity contribution >= 4 is 46.1 Å². The van der Waals surface area contributed by atoms with Gasteiger partial charge in [-0.25, -0.2) is 9.37 Å². The van der Waals surface area contributed by atoms with Gasteiger partial charge in [0.05, 0.1) is 27.0 Å². The summed E-state index contributed by atoms with van der Waals surface area (Å²) in [6.45, 7) is 3.92. The van der Waals surface area contributed by atoms with Crippen LogP contribution in [0.2, 0.25) is 5.02 Å². The number of thiazole rings is 1. The van der Waals surface area contributed by atoms with Gasteiger partial charge in [0.2, 0.25) is 0 Å². The minimum atomic E-state index is -1.56. The van der Waals surface area contributed by atoms with Crippen LogP contribution >= 0.6 is 22.9 Å². The van der Waals surface area contributed by atoms with Crippen LogP contribution in [0.15, 0.2) is 66.3 Å². The van der Waals surface area contributed by atoms with Crippen LogP contribution in [0.4, 0.5) is 15.8 Å². The highest BCUT2D eigenvalue weighted by atomic mass is 35.5. The lowest BCUT2D eigenvalue weighted by Crippen LogP contribution is -2.32. The SMILES string of the molecule is Cc1nc2c(s1)CCN(C(=O)c1ccc(NC(=O)C3=CC=CC(C)(F)C3)cc1Cl)c1ccccc1-2. The van der Waals surface area contributed by atoms with Gasteiger partial charge in [-0.2, -0.15) is 0 Å². The maximum absolute atomic E-state index is 14.2. The lowest BCUT2D eigenvalue weighted by Gasteiger charge is -2.24. The first kappa shape index (κ1) is 23.5. The highest BCUT2D eigenvalue weighted by Crippen LogP contribution is 2.39. The molecule has 2 heterocycles. The molecule has 2 amide bonds. The van der Waals surface area contributed by atoms with E-state index in [2.05, 4.69) is 5.32 Å². The highest BCUT2D eigenvalue weighted by molar-refractivity contribution is 7.12. The molecule has 1 unspecified atom stereocenters. The van der Waals surface area contributed by atoms with Crippen molar-refractivity contribution in [3.8, 4) is 11.3 Å². The van der Waals surface area contributed by atoms with E-state index in [0.717, 1.165) is 26.8 Å². The minimum Gasteiger partial charge on any atom is -0.322 e. The van der Waals surface area contributed by atoms with Crippen LogP contribution in [0.1, 0.15) is 33.6 Å². The maximum atomic E-state index is 14.2. The number of carbonyl (C=O) groups excluding carboxylic acids is 2. The Balaban J connectivity index is 1.39. The molecule has 1 atom stereocenters. The van der Waals surface area contributed by atoms with E-state index in [-0.39, 0.29) is 17.4 Å². The molecular weight excluding hydrogens is 485 g/mol. The van der Waals surface area contributed by atoms with Gasteiger partial charge < -0.3 is 10.2 Å². The number of nitrogens with zero attached hydrogens (tertiary/aromatic N) is 2. The first-order chi connectivity index (χ1) is 16.7. The second-order valence-electron chi connectivity index (χ2n) is 8.88. The van der Waals surface area contributed by atoms with Crippen molar-refractivity contribution in [2.45, 2.75) is 32.4 Å². The number of halogens is 2. The molecule has 0 saturated carbocycles. The largest absolute Gasteiger partial charge is 0.322 e. The number of amides is 2. The van der Waals surface area contributed by atoms with Crippen LogP contribution in [-0.4, -0.2) is 29.0 Å². The summed E-state index contributed by atoms with van der Waals surface area (Å²) in [4.78, 5) is 33.8. The van der Waals surface area contributed by atoms with E-state index in [1.165, 1.54) is 13.0 Å². The summed E-state index contributed by atoms with van der Waals surface area (Å²) in [6.07, 6.45) is 5.26. The summed E-state index contributed by atoms with van der Waals surface area (Å²) in [5.74, 6) is -0.621. The number of rotatable bonds is 3. The van der Waals surface area contributed by atoms with Crippen molar-refractivity contribution in [2.24, 2.45) is 0 Å². The molecule has 0 fully saturated rings. The van der Waals surface area contributed by atoms with Gasteiger partial charge in [-0.3, -0.25) is 9.59 Å². The number of hydrogen-bond acceptors (Lipinski definition) is 4. The quantitative estimate of drug-likeness (QED) is 0.438. The molecule has 35 heavy (non-hydrogen) atoms. The van der Waals surface area contributed by atoms with Gasteiger partial charge >= 0.3 is 0 Å². The smallest absolute Gasteiger partial charge is 0.259 e. The number of benzene rings is 2. The molecular formula is C27H23ClFN3O2S. The Labute approximate surface area is 211 Å². The number of carbonyl (C=O) groups is 2. The molecule has 8 heteroatoms. The van der Waals surface area contributed by atoms with Crippen molar-refractivity contribution in [1.29, 1.82) is 0 Å². The average Bonchev–Trinajstić information content (AvgIpc) is 3.12. The predicted molar refractivity (Wildman–Crippen MR) is 139 cm³/mol. The van der Waals surface area contributed by atoms with Gasteiger partial charge in [-0.05, 0) is 44.2 Å². The molecule has 0 saturated heterocycles. The standard InChI is InChI=1S/C27H23ClFN3O2S/c1-16-30-24-20-7-3-4-8-22(20)32(13-11-23(24)35-16)26(34)19-10-9-18(14-21(19)28)31-25(33)17-6-5-12-27(2,29)15-17/h3-10,12,14H,11,13,15H2,1-2H3,(H,31,33). The molecule has 2 aliphatic rings. The number of aromatic nitrogens is 1. The summed E-state index contributed by atoms with van der Waals surface area (Å²) in [6, 6.07) is 12.5. The Hall–Kier alpha value is -3.29. The van der Waals surface area contributed by atoms with Crippen LogP contribution in [0, 0.1) is 6.92 Å². The number of anilines is 2. The third-order valence-electron chi connectivity index (χ3n) is 6.09. The summed E-state index contributed by atoms with van der Waals surface area (Å²) in [5.41, 5.74) is 2.20. The predicted octanol–water partition coefficient (Wildman–Crippen LogP) is 6.53. The van der Waals surface area contributed by atoms with Gasteiger partial charge in [0.25, 0.3) is 11.8 Å². The molecule has 2 aromatic carbocycles. The molecule has 1 N–H and O–H groups in total. The van der Waals surface area contributed by atoms with Crippen molar-refractivity contribution in [3.05, 3.63) is 86.7 Å². The fourth-order valence-corrected chi connectivity index (χ4v) is 5.64. The lowest BCUT2D eigenvalue weighted by atomic mass is 9.93. The summed E-state index contributed by atoms with van der Waals surface area (Å²) < 4.78 is 14.2. The Morgan fingerprint density at radius 3 is 2.80 bits per heavy atom. The Bertz CT molecular complexity index is 1410. The number of nitrogens with one attached hydrogen (secondary N) is 1. The number of alkyl halides is 1. The van der Waals surface area contributed by atoms with E-state index in [4.69, 9.17) is 16.6 Å². The fourth-order valence-electron chi connectivity index (χ4n) is 4.44. The van der Waals surface area contributed by atoms with Gasteiger partial charge in [0.15, 0.2) is 0 Å². The van der Waals surface area contributed by atoms with Crippen LogP contribution in [0.5, 0.6) is 0 Å². The second kappa shape index (κ2) is 9.06. The molecule has 1 aliphatic carbocycles. The summed E-state index contributed by atoms with van der Waals surface area (Å²) in [7, 11) is 0. The van der Waals surface area contributed by atoms with Crippen molar-refractivity contribution < 1.29 is 14.0 Å². The number of hydrogen-bond donors (Lipinski definition) is 1. The Morgan fingerprint density at radius 1 is 1.23 bits per heavy atom. The van der Waals surface area contributed by atoms with Crippen LogP contribution in [-0.2, 0) is 11.2 Å². The number of fused-ring (bicyclic) bond motifs is 3. The monoisotopic (exact) mass is 507 g/mol. The molecule has 1 aromatic heterocycles. The van der Waals surface area contributed by atoms with Crippen LogP contribution in [0.25, 0.3) is 11.3 Å². The van der Waals surface area contributed by atoms with E-state index in [1.54, 1.807) is 46.6 Å². The van der Waals surface area contributed by atoms with E-state index in [1.807, 2.05) is 31.2 Å². The van der Waals surface area contributed by atoms with E-state index in [9.17, 15) is 14.0 Å². The number of para-hydroxylation sites is 1. The van der Waals surface area contributed by atoms with Crippen molar-refractivity contribution in [3.63, 3.8) is 0 Å². The van der Waals surface area contributed by atoms with E-state index < -0.39 is 11.6 Å². The number of allylic oxidation sites excluding steroid dienone is 3. The van der Waals surface area contributed by atoms with E-state index in [0.29, 0.717) is 29.8 Å². The van der Waals surface area contributed by atoms with Crippen LogP contribution < -0.4 is 10.2 Å². The molecule has 5 rings (SSSR count). The van der Waals surface area contributed by atoms with Crippen molar-refractivity contribution in [2.75, 3.05) is 16.8 Å². The number of aryl methyl sites for hydroxylation is 1. The lowest BCUT2D eigenvalue weighted by molar-refractivity contribution is -0.113. The molecule has 0 radical (unpaired) electrons. The zero-order chi connectivity index (χ0) is 24.7. The first-order valence-electron chi connectivity index (χ1n) is 11.3. The molecule has 0 spiro atoms. The highest BCUT2D eigenvalue weighted by Gasteiger charge is 2.29. The second-order valence-corrected chi connectivity index (χ2v) is 10.6. The Morgan fingerprint density at radius 2 is 2.03 bits per heavy atom. The fraction of sp³-hybridized carbons (Fsp3) is 0.222. The molecule has 3 aromatic rings. The molecule has 1 aliphatic heterocycles. The molecule has 0 bridgehead atoms. The Kier molecular flexibility index (Phi) is 6.07. The zero-order valence-electron chi connectivity index (χ0n) is 19.3. The van der Waals surface area contributed by atoms with Crippen molar-refractivity contribution in [1.82, 2.24) is 4.98 Å². The maximum Gasteiger partial charge on any atom is 0.259 e. The summed E-state index contributed by atoms with van der Waals surface area (Å²) in [5, 5.41) is 3.98. The zero-order valence-corrected chi connectivity index (χ0v) is 20.8. The summed E-state index contributed by atoms with van der Waals surface area (Å²) >= 11 is 8.17. The first-order valence-corrected chi connectivity index (χ1v) is 12.5. The van der Waals surface area contributed by atoms with Gasteiger partial charge in [0.1, 0.15) is 5.67 Å². The molecule has 178 valence electrons. The van der Waals surface area contributed by atoms with Gasteiger partial charge in [-0.1, -0.05) is 42.0 Å². The third-order valence-corrected chi connectivity index (χ3v) is 7.43. The van der Waals surface area contributed by atoms with E-state index >= 15 is 0 Å². The van der Waals surface area contributed by atoms with Gasteiger partial charge in [0, 0.05) is 41.1 Å².